The quantitative estimate of drug-likeness (QED) is 0.323. The fourth-order valence-electron chi connectivity index (χ4n) is 2.87. The van der Waals surface area contributed by atoms with Crippen molar-refractivity contribution in [2.24, 2.45) is 5.73 Å². The van der Waals surface area contributed by atoms with Gasteiger partial charge in [-0.15, -0.1) is 0 Å². The summed E-state index contributed by atoms with van der Waals surface area (Å²) in [6.07, 6.45) is 1.72. The molecule has 0 bridgehead atoms. The van der Waals surface area contributed by atoms with Crippen LogP contribution in [-0.2, 0) is 4.79 Å². The standard InChI is InChI=1S/C20H16N4O3/c1-11(25)17(10-21)20(27)24-13-4-2-3-12(9-13)14-5-6-16(19(22)26)18-15(14)7-8-23-18/h2-9,23,25H,1H3,(H2,22,26)(H,24,27)/b17-11-. The summed E-state index contributed by atoms with van der Waals surface area (Å²) in [5.41, 5.74) is 8.22. The number of nitrogens with one attached hydrogen (secondary N) is 2. The number of anilines is 1. The van der Waals surface area contributed by atoms with Gasteiger partial charge >= 0.3 is 0 Å². The zero-order chi connectivity index (χ0) is 19.6. The Bertz CT molecular complexity index is 1130. The van der Waals surface area contributed by atoms with E-state index in [4.69, 9.17) is 11.0 Å². The van der Waals surface area contributed by atoms with Gasteiger partial charge in [-0.25, -0.2) is 0 Å². The fraction of sp³-hybridized carbons (Fsp3) is 0.0500. The van der Waals surface area contributed by atoms with Crippen LogP contribution in [0, 0.1) is 11.3 Å². The lowest BCUT2D eigenvalue weighted by atomic mass is 9.98. The van der Waals surface area contributed by atoms with Crippen LogP contribution in [0.15, 0.2) is 60.0 Å². The fourth-order valence-corrected chi connectivity index (χ4v) is 2.87. The molecule has 0 unspecified atom stereocenters. The van der Waals surface area contributed by atoms with Crippen molar-refractivity contribution in [1.82, 2.24) is 4.98 Å². The van der Waals surface area contributed by atoms with Crippen molar-refractivity contribution in [3.63, 3.8) is 0 Å². The van der Waals surface area contributed by atoms with E-state index in [-0.39, 0.29) is 11.3 Å². The Morgan fingerprint density at radius 3 is 2.67 bits per heavy atom. The molecule has 0 saturated heterocycles. The van der Waals surface area contributed by atoms with E-state index < -0.39 is 11.8 Å². The maximum atomic E-state index is 12.1. The number of aromatic nitrogens is 1. The van der Waals surface area contributed by atoms with E-state index in [1.807, 2.05) is 12.1 Å². The second-order valence-electron chi connectivity index (χ2n) is 5.90. The van der Waals surface area contributed by atoms with Crippen molar-refractivity contribution in [2.75, 3.05) is 5.32 Å². The second-order valence-corrected chi connectivity index (χ2v) is 5.90. The lowest BCUT2D eigenvalue weighted by molar-refractivity contribution is -0.112. The topological polar surface area (TPSA) is 132 Å². The Kier molecular flexibility index (Phi) is 4.64. The number of fused-ring (bicyclic) bond motifs is 1. The van der Waals surface area contributed by atoms with Gasteiger partial charge in [-0.2, -0.15) is 5.26 Å². The number of carbonyl (C=O) groups excluding carboxylic acids is 2. The minimum absolute atomic E-state index is 0.345. The van der Waals surface area contributed by atoms with Gasteiger partial charge in [0.25, 0.3) is 11.8 Å². The molecular weight excluding hydrogens is 344 g/mol. The van der Waals surface area contributed by atoms with Gasteiger partial charge in [-0.1, -0.05) is 18.2 Å². The predicted molar refractivity (Wildman–Crippen MR) is 102 cm³/mol. The zero-order valence-electron chi connectivity index (χ0n) is 14.4. The number of aliphatic hydroxyl groups excluding tert-OH is 1. The van der Waals surface area contributed by atoms with Crippen LogP contribution >= 0.6 is 0 Å². The lowest BCUT2D eigenvalue weighted by Crippen LogP contribution is -2.14. The monoisotopic (exact) mass is 360 g/mol. The molecule has 3 aromatic rings. The van der Waals surface area contributed by atoms with Crippen molar-refractivity contribution >= 4 is 28.4 Å². The first-order chi connectivity index (χ1) is 12.9. The highest BCUT2D eigenvalue weighted by Crippen LogP contribution is 2.31. The van der Waals surface area contributed by atoms with Crippen LogP contribution in [0.3, 0.4) is 0 Å². The molecule has 134 valence electrons. The Balaban J connectivity index is 2.01. The minimum atomic E-state index is -0.689. The molecule has 7 nitrogen and oxygen atoms in total. The van der Waals surface area contributed by atoms with Gasteiger partial charge in [0, 0.05) is 17.3 Å². The number of aliphatic hydroxyl groups is 1. The van der Waals surface area contributed by atoms with Crippen LogP contribution in [-0.4, -0.2) is 21.9 Å². The molecule has 7 heteroatoms. The molecular formula is C20H16N4O3. The number of nitrogens with two attached hydrogens (primary N) is 1. The average molecular weight is 360 g/mol. The van der Waals surface area contributed by atoms with Crippen molar-refractivity contribution in [2.45, 2.75) is 6.92 Å². The van der Waals surface area contributed by atoms with Crippen molar-refractivity contribution < 1.29 is 14.7 Å². The third-order valence-electron chi connectivity index (χ3n) is 4.12. The van der Waals surface area contributed by atoms with E-state index in [1.54, 1.807) is 42.6 Å². The molecule has 27 heavy (non-hydrogen) atoms. The van der Waals surface area contributed by atoms with Crippen LogP contribution in [0.1, 0.15) is 17.3 Å². The van der Waals surface area contributed by atoms with Gasteiger partial charge in [-0.3, -0.25) is 9.59 Å². The number of amides is 2. The maximum absolute atomic E-state index is 12.1. The van der Waals surface area contributed by atoms with Crippen LogP contribution < -0.4 is 11.1 Å². The van der Waals surface area contributed by atoms with Gasteiger partial charge < -0.3 is 21.1 Å². The summed E-state index contributed by atoms with van der Waals surface area (Å²) in [5, 5.41) is 21.8. The summed E-state index contributed by atoms with van der Waals surface area (Å²) in [6, 6.07) is 14.0. The second kappa shape index (κ2) is 7.06. The average Bonchev–Trinajstić information content (AvgIpc) is 3.10. The predicted octanol–water partition coefficient (Wildman–Crippen LogP) is 3.23. The molecule has 0 aliphatic carbocycles. The number of aromatic amines is 1. The van der Waals surface area contributed by atoms with E-state index in [0.29, 0.717) is 16.8 Å². The molecule has 0 radical (unpaired) electrons. The number of hydrogen-bond acceptors (Lipinski definition) is 4. The van der Waals surface area contributed by atoms with Gasteiger partial charge in [-0.05, 0) is 42.3 Å². The van der Waals surface area contributed by atoms with Gasteiger partial charge in [0.1, 0.15) is 11.8 Å². The molecule has 3 rings (SSSR count). The third-order valence-corrected chi connectivity index (χ3v) is 4.12. The molecule has 0 saturated carbocycles. The first-order valence-electron chi connectivity index (χ1n) is 8.04. The summed E-state index contributed by atoms with van der Waals surface area (Å²) in [5.74, 6) is -1.56. The molecule has 0 fully saturated rings. The number of benzene rings is 2. The molecule has 2 amide bonds. The summed E-state index contributed by atoms with van der Waals surface area (Å²) in [7, 11) is 0. The number of allylic oxidation sites excluding steroid dienone is 1. The molecule has 5 N–H and O–H groups in total. The number of carbonyl (C=O) groups is 2. The highest BCUT2D eigenvalue weighted by molar-refractivity contribution is 6.10. The molecule has 2 aromatic carbocycles. The van der Waals surface area contributed by atoms with Crippen LogP contribution in [0.2, 0.25) is 0 Å². The lowest BCUT2D eigenvalue weighted by Gasteiger charge is -2.10. The number of H-pyrrole nitrogens is 1. The van der Waals surface area contributed by atoms with Crippen LogP contribution in [0.5, 0.6) is 0 Å². The highest BCUT2D eigenvalue weighted by atomic mass is 16.3. The normalized spacial score (nSPS) is 11.6. The number of hydrogen-bond donors (Lipinski definition) is 4. The molecule has 0 spiro atoms. The van der Waals surface area contributed by atoms with Crippen LogP contribution in [0.25, 0.3) is 22.0 Å². The number of primary amides is 1. The number of nitriles is 1. The third kappa shape index (κ3) is 3.37. The van der Waals surface area contributed by atoms with E-state index in [9.17, 15) is 14.7 Å². The summed E-state index contributed by atoms with van der Waals surface area (Å²) >= 11 is 0. The first kappa shape index (κ1) is 17.8. The molecule has 1 aromatic heterocycles. The summed E-state index contributed by atoms with van der Waals surface area (Å²) in [4.78, 5) is 26.7. The Labute approximate surface area is 154 Å². The number of nitrogens with zero attached hydrogens (tertiary/aromatic N) is 1. The van der Waals surface area contributed by atoms with E-state index in [1.165, 1.54) is 6.92 Å². The molecule has 0 aliphatic rings. The molecule has 0 aliphatic heterocycles. The van der Waals surface area contributed by atoms with E-state index in [0.717, 1.165) is 16.5 Å². The smallest absolute Gasteiger partial charge is 0.269 e. The highest BCUT2D eigenvalue weighted by Gasteiger charge is 2.15. The van der Waals surface area contributed by atoms with Crippen molar-refractivity contribution in [3.8, 4) is 17.2 Å². The van der Waals surface area contributed by atoms with Gasteiger partial charge in [0.2, 0.25) is 0 Å². The number of rotatable bonds is 4. The van der Waals surface area contributed by atoms with Crippen molar-refractivity contribution in [3.05, 3.63) is 65.6 Å². The molecule has 1 heterocycles. The Morgan fingerprint density at radius 1 is 1.22 bits per heavy atom. The Morgan fingerprint density at radius 2 is 2.00 bits per heavy atom. The molecule has 0 atom stereocenters. The summed E-state index contributed by atoms with van der Waals surface area (Å²) in [6.45, 7) is 1.28. The largest absolute Gasteiger partial charge is 0.511 e. The van der Waals surface area contributed by atoms with Crippen molar-refractivity contribution in [1.29, 1.82) is 5.26 Å². The SMILES string of the molecule is C/C(O)=C(\C#N)C(=O)Nc1cccc(-c2ccc(C(N)=O)c3[nH]ccc23)c1. The van der Waals surface area contributed by atoms with Gasteiger partial charge in [0.15, 0.2) is 5.57 Å². The Hall–Kier alpha value is -4.05. The van der Waals surface area contributed by atoms with Crippen LogP contribution in [0.4, 0.5) is 5.69 Å². The summed E-state index contributed by atoms with van der Waals surface area (Å²) < 4.78 is 0. The maximum Gasteiger partial charge on any atom is 0.269 e. The zero-order valence-corrected chi connectivity index (χ0v) is 14.4. The minimum Gasteiger partial charge on any atom is -0.511 e. The van der Waals surface area contributed by atoms with E-state index in [2.05, 4.69) is 10.3 Å². The van der Waals surface area contributed by atoms with Gasteiger partial charge in [0.05, 0.1) is 11.1 Å². The van der Waals surface area contributed by atoms with E-state index >= 15 is 0 Å². The first-order valence-corrected chi connectivity index (χ1v) is 8.04.